The van der Waals surface area contributed by atoms with Crippen LogP contribution in [0.3, 0.4) is 0 Å². The Hall–Kier alpha value is -4.19. The van der Waals surface area contributed by atoms with Gasteiger partial charge in [0, 0.05) is 11.1 Å². The van der Waals surface area contributed by atoms with Crippen molar-refractivity contribution in [3.05, 3.63) is 90.5 Å². The second-order valence-electron chi connectivity index (χ2n) is 6.79. The molecule has 6 heteroatoms. The number of nitrogens with zero attached hydrogens (tertiary/aromatic N) is 2. The summed E-state index contributed by atoms with van der Waals surface area (Å²) >= 11 is 0. The van der Waals surface area contributed by atoms with E-state index in [0.29, 0.717) is 23.4 Å². The standard InChI is InChI=1S/C25H21N3O3/c1-2-31-20-14-12-18(13-15-20)26-25(30)22-16-17-8-6-7-11-21(17)23(24(22)29)28-27-19-9-4-3-5-10-19/h3-16,29H,2H2,1H3,(H,26,30)/b28-27+. The van der Waals surface area contributed by atoms with E-state index in [0.717, 1.165) is 11.1 Å². The zero-order chi connectivity index (χ0) is 21.6. The van der Waals surface area contributed by atoms with E-state index < -0.39 is 5.91 Å². The molecule has 0 heterocycles. The Morgan fingerprint density at radius 3 is 2.39 bits per heavy atom. The first-order valence-electron chi connectivity index (χ1n) is 9.91. The quantitative estimate of drug-likeness (QED) is 0.350. The van der Waals surface area contributed by atoms with E-state index >= 15 is 0 Å². The van der Waals surface area contributed by atoms with Crippen molar-refractivity contribution in [3.63, 3.8) is 0 Å². The number of hydrogen-bond acceptors (Lipinski definition) is 5. The van der Waals surface area contributed by atoms with E-state index in [1.807, 2.05) is 61.5 Å². The summed E-state index contributed by atoms with van der Waals surface area (Å²) in [5.41, 5.74) is 1.61. The lowest BCUT2D eigenvalue weighted by atomic mass is 10.0. The summed E-state index contributed by atoms with van der Waals surface area (Å²) in [6, 6.07) is 25.3. The van der Waals surface area contributed by atoms with Crippen LogP contribution in [0.1, 0.15) is 17.3 Å². The predicted molar refractivity (Wildman–Crippen MR) is 122 cm³/mol. The highest BCUT2D eigenvalue weighted by Crippen LogP contribution is 2.39. The van der Waals surface area contributed by atoms with Crippen molar-refractivity contribution in [2.75, 3.05) is 11.9 Å². The van der Waals surface area contributed by atoms with Gasteiger partial charge in [-0.1, -0.05) is 42.5 Å². The minimum atomic E-state index is -0.441. The fourth-order valence-electron chi connectivity index (χ4n) is 3.19. The van der Waals surface area contributed by atoms with Gasteiger partial charge >= 0.3 is 0 Å². The number of ether oxygens (including phenoxy) is 1. The van der Waals surface area contributed by atoms with E-state index in [4.69, 9.17) is 4.74 Å². The Balaban J connectivity index is 1.70. The highest BCUT2D eigenvalue weighted by molar-refractivity contribution is 6.11. The van der Waals surface area contributed by atoms with E-state index in [1.165, 1.54) is 0 Å². The maximum absolute atomic E-state index is 12.9. The number of phenolic OH excluding ortho intramolecular Hbond substituents is 1. The summed E-state index contributed by atoms with van der Waals surface area (Å²) in [5.74, 6) is 0.0584. The maximum Gasteiger partial charge on any atom is 0.259 e. The van der Waals surface area contributed by atoms with Gasteiger partial charge in [-0.05, 0) is 54.8 Å². The smallest absolute Gasteiger partial charge is 0.259 e. The number of phenols is 1. The van der Waals surface area contributed by atoms with Gasteiger partial charge in [-0.3, -0.25) is 4.79 Å². The van der Waals surface area contributed by atoms with Gasteiger partial charge in [-0.15, -0.1) is 5.11 Å². The molecule has 0 fully saturated rings. The molecule has 31 heavy (non-hydrogen) atoms. The monoisotopic (exact) mass is 411 g/mol. The summed E-state index contributed by atoms with van der Waals surface area (Å²) in [7, 11) is 0. The number of hydrogen-bond donors (Lipinski definition) is 2. The molecule has 0 aliphatic rings. The molecule has 0 saturated carbocycles. The van der Waals surface area contributed by atoms with Crippen LogP contribution in [0.4, 0.5) is 17.1 Å². The molecule has 0 spiro atoms. The minimum Gasteiger partial charge on any atom is -0.505 e. The molecule has 4 rings (SSSR count). The summed E-state index contributed by atoms with van der Waals surface area (Å²) < 4.78 is 5.42. The van der Waals surface area contributed by atoms with Crippen LogP contribution in [-0.4, -0.2) is 17.6 Å². The molecule has 0 aliphatic heterocycles. The van der Waals surface area contributed by atoms with Gasteiger partial charge in [0.05, 0.1) is 17.9 Å². The van der Waals surface area contributed by atoms with Crippen molar-refractivity contribution in [3.8, 4) is 11.5 Å². The molecule has 0 bridgehead atoms. The Bertz CT molecular complexity index is 1240. The zero-order valence-corrected chi connectivity index (χ0v) is 16.9. The zero-order valence-electron chi connectivity index (χ0n) is 16.9. The van der Waals surface area contributed by atoms with Crippen molar-refractivity contribution in [1.29, 1.82) is 0 Å². The third-order valence-electron chi connectivity index (χ3n) is 4.68. The molecule has 6 nitrogen and oxygen atoms in total. The van der Waals surface area contributed by atoms with E-state index in [9.17, 15) is 9.90 Å². The van der Waals surface area contributed by atoms with Crippen LogP contribution in [0.2, 0.25) is 0 Å². The van der Waals surface area contributed by atoms with Gasteiger partial charge < -0.3 is 15.2 Å². The van der Waals surface area contributed by atoms with Crippen molar-refractivity contribution in [2.45, 2.75) is 6.92 Å². The lowest BCUT2D eigenvalue weighted by molar-refractivity contribution is 0.102. The number of rotatable bonds is 6. The molecule has 4 aromatic carbocycles. The molecule has 0 aromatic heterocycles. The number of fused-ring (bicyclic) bond motifs is 1. The third-order valence-corrected chi connectivity index (χ3v) is 4.68. The first kappa shape index (κ1) is 20.1. The normalized spacial score (nSPS) is 11.0. The van der Waals surface area contributed by atoms with E-state index in [2.05, 4.69) is 15.5 Å². The molecule has 2 N–H and O–H groups in total. The Morgan fingerprint density at radius 1 is 0.935 bits per heavy atom. The van der Waals surface area contributed by atoms with Crippen LogP contribution in [0.5, 0.6) is 11.5 Å². The number of azo groups is 1. The van der Waals surface area contributed by atoms with Crippen LogP contribution in [-0.2, 0) is 0 Å². The van der Waals surface area contributed by atoms with Crippen molar-refractivity contribution in [1.82, 2.24) is 0 Å². The molecular weight excluding hydrogens is 390 g/mol. The number of aromatic hydroxyl groups is 1. The van der Waals surface area contributed by atoms with Gasteiger partial charge in [-0.2, -0.15) is 5.11 Å². The van der Waals surface area contributed by atoms with Crippen molar-refractivity contribution < 1.29 is 14.6 Å². The minimum absolute atomic E-state index is 0.120. The van der Waals surface area contributed by atoms with Crippen molar-refractivity contribution in [2.24, 2.45) is 10.2 Å². The molecule has 0 saturated heterocycles. The average molecular weight is 411 g/mol. The summed E-state index contributed by atoms with van der Waals surface area (Å²) in [6.07, 6.45) is 0. The summed E-state index contributed by atoms with van der Waals surface area (Å²) in [6.45, 7) is 2.47. The van der Waals surface area contributed by atoms with Gasteiger partial charge in [0.15, 0.2) is 5.75 Å². The Morgan fingerprint density at radius 2 is 1.65 bits per heavy atom. The van der Waals surface area contributed by atoms with Crippen molar-refractivity contribution >= 4 is 33.7 Å². The number of nitrogens with one attached hydrogen (secondary N) is 1. The van der Waals surface area contributed by atoms with Crippen LogP contribution in [0.15, 0.2) is 95.2 Å². The van der Waals surface area contributed by atoms with Gasteiger partial charge in [-0.25, -0.2) is 0 Å². The van der Waals surface area contributed by atoms with Crippen LogP contribution in [0.25, 0.3) is 10.8 Å². The Labute approximate surface area is 179 Å². The van der Waals surface area contributed by atoms with Crippen LogP contribution >= 0.6 is 0 Å². The number of benzene rings is 4. The number of amides is 1. The molecule has 0 radical (unpaired) electrons. The third kappa shape index (κ3) is 4.53. The Kier molecular flexibility index (Phi) is 5.89. The molecule has 1 amide bonds. The maximum atomic E-state index is 12.9. The lowest BCUT2D eigenvalue weighted by Gasteiger charge is -2.11. The molecular formula is C25H21N3O3. The van der Waals surface area contributed by atoms with E-state index in [-0.39, 0.29) is 17.0 Å². The van der Waals surface area contributed by atoms with Crippen LogP contribution in [0, 0.1) is 0 Å². The van der Waals surface area contributed by atoms with Gasteiger partial charge in [0.2, 0.25) is 0 Å². The highest BCUT2D eigenvalue weighted by Gasteiger charge is 2.18. The SMILES string of the molecule is CCOc1ccc(NC(=O)c2cc3ccccc3c(/N=N/c3ccccc3)c2O)cc1. The summed E-state index contributed by atoms with van der Waals surface area (Å²) in [4.78, 5) is 12.9. The van der Waals surface area contributed by atoms with E-state index in [1.54, 1.807) is 30.3 Å². The second kappa shape index (κ2) is 9.09. The average Bonchev–Trinajstić information content (AvgIpc) is 2.80. The number of carbonyl (C=O) groups is 1. The molecule has 4 aromatic rings. The summed E-state index contributed by atoms with van der Waals surface area (Å²) in [5, 5.41) is 23.7. The first-order chi connectivity index (χ1) is 15.2. The number of anilines is 1. The van der Waals surface area contributed by atoms with Gasteiger partial charge in [0.25, 0.3) is 5.91 Å². The van der Waals surface area contributed by atoms with Gasteiger partial charge in [0.1, 0.15) is 11.4 Å². The van der Waals surface area contributed by atoms with Crippen LogP contribution < -0.4 is 10.1 Å². The molecule has 154 valence electrons. The largest absolute Gasteiger partial charge is 0.505 e. The fraction of sp³-hybridized carbons (Fsp3) is 0.0800. The second-order valence-corrected chi connectivity index (χ2v) is 6.79. The fourth-order valence-corrected chi connectivity index (χ4v) is 3.19. The number of carbonyl (C=O) groups excluding carboxylic acids is 1. The highest BCUT2D eigenvalue weighted by atomic mass is 16.5. The molecule has 0 atom stereocenters. The predicted octanol–water partition coefficient (Wildman–Crippen LogP) is 6.61. The molecule has 0 unspecified atom stereocenters. The first-order valence-corrected chi connectivity index (χ1v) is 9.91. The topological polar surface area (TPSA) is 83.3 Å². The lowest BCUT2D eigenvalue weighted by Crippen LogP contribution is -2.12. The molecule has 0 aliphatic carbocycles.